The molecule has 0 saturated carbocycles. The summed E-state index contributed by atoms with van der Waals surface area (Å²) in [5.74, 6) is -2.06. The Morgan fingerprint density at radius 1 is 1.53 bits per heavy atom. The maximum absolute atomic E-state index is 12.7. The summed E-state index contributed by atoms with van der Waals surface area (Å²) in [6, 6.07) is 1.86. The highest BCUT2D eigenvalue weighted by atomic mass is 35.5. The molecule has 0 aliphatic carbocycles. The van der Waals surface area contributed by atoms with E-state index in [-0.39, 0.29) is 16.3 Å². The Morgan fingerprint density at radius 3 is 2.40 bits per heavy atom. The molecule has 3 N–H and O–H groups in total. The van der Waals surface area contributed by atoms with Crippen LogP contribution in [-0.2, 0) is 0 Å². The van der Waals surface area contributed by atoms with Gasteiger partial charge in [0.1, 0.15) is 5.82 Å². The first-order chi connectivity index (χ1) is 6.93. The van der Waals surface area contributed by atoms with Gasteiger partial charge < -0.3 is 10.8 Å². The second kappa shape index (κ2) is 6.24. The van der Waals surface area contributed by atoms with Crippen LogP contribution in [0.25, 0.3) is 0 Å². The average molecular weight is 234 g/mol. The molecule has 0 aliphatic heterocycles. The van der Waals surface area contributed by atoms with Crippen molar-refractivity contribution in [1.82, 2.24) is 0 Å². The second-order valence-corrected chi connectivity index (χ2v) is 3.27. The van der Waals surface area contributed by atoms with E-state index in [2.05, 4.69) is 13.8 Å². The fourth-order valence-corrected chi connectivity index (χ4v) is 0.920. The maximum Gasteiger partial charge on any atom is 0.337 e. The van der Waals surface area contributed by atoms with E-state index >= 15 is 0 Å². The molecule has 1 rings (SSSR count). The molecule has 0 aromatic heterocycles. The van der Waals surface area contributed by atoms with Crippen LogP contribution >= 0.6 is 11.6 Å². The highest BCUT2D eigenvalue weighted by molar-refractivity contribution is 6.31. The Morgan fingerprint density at radius 2 is 2.00 bits per heavy atom. The van der Waals surface area contributed by atoms with Gasteiger partial charge in [-0.1, -0.05) is 31.9 Å². The molecule has 0 heterocycles. The third-order valence-corrected chi connectivity index (χ3v) is 1.61. The van der Waals surface area contributed by atoms with E-state index in [1.54, 1.807) is 0 Å². The predicted molar refractivity (Wildman–Crippen MR) is 58.7 cm³/mol. The normalized spacial score (nSPS) is 9.07. The first-order valence-electron chi connectivity index (χ1n) is 4.41. The minimum atomic E-state index is -1.27. The van der Waals surface area contributed by atoms with Gasteiger partial charge in [0.2, 0.25) is 0 Å². The van der Waals surface area contributed by atoms with Crippen LogP contribution in [0.1, 0.15) is 30.6 Å². The number of carbonyl (C=O) groups is 1. The summed E-state index contributed by atoms with van der Waals surface area (Å²) >= 11 is 5.34. The van der Waals surface area contributed by atoms with Crippen molar-refractivity contribution >= 4 is 23.3 Å². The molecule has 5 heteroatoms. The van der Waals surface area contributed by atoms with E-state index in [9.17, 15) is 9.18 Å². The number of hydrogen-bond donors (Lipinski definition) is 2. The highest BCUT2D eigenvalue weighted by Crippen LogP contribution is 2.21. The summed E-state index contributed by atoms with van der Waals surface area (Å²) in [6.07, 6.45) is 1.25. The standard InChI is InChI=1S/C7H5ClFNO2.C3H8/c8-4-2-6(10)3(7(11)12)1-5(4)9;1-3-2/h1-2H,10H2,(H,11,12);3H2,1-2H3. The lowest BCUT2D eigenvalue weighted by Crippen LogP contribution is -2.03. The largest absolute Gasteiger partial charge is 0.478 e. The van der Waals surface area contributed by atoms with Crippen molar-refractivity contribution in [2.24, 2.45) is 0 Å². The lowest BCUT2D eigenvalue weighted by atomic mass is 10.2. The van der Waals surface area contributed by atoms with E-state index in [0.717, 1.165) is 12.1 Å². The first kappa shape index (κ1) is 13.7. The van der Waals surface area contributed by atoms with Crippen molar-refractivity contribution in [1.29, 1.82) is 0 Å². The van der Waals surface area contributed by atoms with Crippen molar-refractivity contribution in [3.05, 3.63) is 28.5 Å². The molecule has 0 unspecified atom stereocenters. The molecule has 0 aliphatic rings. The SMILES string of the molecule is CCC.Nc1cc(Cl)c(F)cc1C(=O)O. The zero-order chi connectivity index (χ0) is 12.0. The van der Waals surface area contributed by atoms with Gasteiger partial charge in [0, 0.05) is 5.69 Å². The number of carboxylic acids is 1. The van der Waals surface area contributed by atoms with E-state index in [1.807, 2.05) is 0 Å². The average Bonchev–Trinajstić information content (AvgIpc) is 2.12. The summed E-state index contributed by atoms with van der Waals surface area (Å²) in [7, 11) is 0. The number of rotatable bonds is 1. The van der Waals surface area contributed by atoms with Crippen molar-refractivity contribution in [2.45, 2.75) is 20.3 Å². The maximum atomic E-state index is 12.7. The lowest BCUT2D eigenvalue weighted by Gasteiger charge is -2.01. The number of aromatic carboxylic acids is 1. The van der Waals surface area contributed by atoms with Crippen molar-refractivity contribution in [2.75, 3.05) is 5.73 Å². The highest BCUT2D eigenvalue weighted by Gasteiger charge is 2.11. The molecule has 0 amide bonds. The second-order valence-electron chi connectivity index (χ2n) is 2.87. The summed E-state index contributed by atoms with van der Waals surface area (Å²) in [5, 5.41) is 8.31. The smallest absolute Gasteiger partial charge is 0.337 e. The van der Waals surface area contributed by atoms with E-state index < -0.39 is 11.8 Å². The Kier molecular flexibility index (Phi) is 5.70. The van der Waals surface area contributed by atoms with E-state index in [1.165, 1.54) is 6.42 Å². The Labute approximate surface area is 92.7 Å². The minimum Gasteiger partial charge on any atom is -0.478 e. The summed E-state index contributed by atoms with van der Waals surface area (Å²) in [4.78, 5) is 10.4. The molecule has 0 fully saturated rings. The van der Waals surface area contributed by atoms with Crippen molar-refractivity contribution in [3.8, 4) is 0 Å². The van der Waals surface area contributed by atoms with E-state index in [4.69, 9.17) is 22.4 Å². The topological polar surface area (TPSA) is 63.3 Å². The minimum absolute atomic E-state index is 0.0473. The van der Waals surface area contributed by atoms with Gasteiger partial charge in [-0.2, -0.15) is 0 Å². The van der Waals surface area contributed by atoms with E-state index in [0.29, 0.717) is 0 Å². The van der Waals surface area contributed by atoms with Gasteiger partial charge in [-0.15, -0.1) is 0 Å². The zero-order valence-electron chi connectivity index (χ0n) is 8.55. The Bertz CT molecular complexity index is 356. The summed E-state index contributed by atoms with van der Waals surface area (Å²) < 4.78 is 12.7. The van der Waals surface area contributed by atoms with Gasteiger partial charge in [0.15, 0.2) is 0 Å². The third-order valence-electron chi connectivity index (χ3n) is 1.32. The number of nitrogens with two attached hydrogens (primary N) is 1. The molecule has 0 bridgehead atoms. The van der Waals surface area contributed by atoms with Crippen LogP contribution in [0.3, 0.4) is 0 Å². The molecule has 84 valence electrons. The fourth-order valence-electron chi connectivity index (χ4n) is 0.747. The van der Waals surface area contributed by atoms with Gasteiger partial charge >= 0.3 is 5.97 Å². The number of carboxylic acid groups (broad SMARTS) is 1. The van der Waals surface area contributed by atoms with Gasteiger partial charge in [-0.3, -0.25) is 0 Å². The zero-order valence-corrected chi connectivity index (χ0v) is 9.31. The summed E-state index contributed by atoms with van der Waals surface area (Å²) in [6.45, 7) is 4.25. The molecule has 0 radical (unpaired) electrons. The summed E-state index contributed by atoms with van der Waals surface area (Å²) in [5.41, 5.74) is 4.93. The van der Waals surface area contributed by atoms with Gasteiger partial charge in [-0.25, -0.2) is 9.18 Å². The van der Waals surface area contributed by atoms with Gasteiger partial charge in [0.25, 0.3) is 0 Å². The molecule has 15 heavy (non-hydrogen) atoms. The molecule has 1 aromatic carbocycles. The lowest BCUT2D eigenvalue weighted by molar-refractivity contribution is 0.0697. The van der Waals surface area contributed by atoms with Crippen LogP contribution in [-0.4, -0.2) is 11.1 Å². The monoisotopic (exact) mass is 233 g/mol. The molecule has 0 saturated heterocycles. The quantitative estimate of drug-likeness (QED) is 0.733. The number of hydrogen-bond acceptors (Lipinski definition) is 2. The van der Waals surface area contributed by atoms with Crippen LogP contribution in [0.2, 0.25) is 5.02 Å². The third kappa shape index (κ3) is 4.16. The van der Waals surface area contributed by atoms with Crippen LogP contribution in [0, 0.1) is 5.82 Å². The Hall–Kier alpha value is -1.29. The number of benzene rings is 1. The molecule has 1 aromatic rings. The first-order valence-corrected chi connectivity index (χ1v) is 4.79. The van der Waals surface area contributed by atoms with Crippen LogP contribution < -0.4 is 5.73 Å². The molecular weight excluding hydrogens is 221 g/mol. The fraction of sp³-hybridized carbons (Fsp3) is 0.300. The number of anilines is 1. The van der Waals surface area contributed by atoms with Crippen LogP contribution in [0.4, 0.5) is 10.1 Å². The van der Waals surface area contributed by atoms with Crippen LogP contribution in [0.5, 0.6) is 0 Å². The van der Waals surface area contributed by atoms with Crippen LogP contribution in [0.15, 0.2) is 12.1 Å². The Balaban J connectivity index is 0.000000583. The van der Waals surface area contributed by atoms with Crippen molar-refractivity contribution in [3.63, 3.8) is 0 Å². The molecule has 3 nitrogen and oxygen atoms in total. The molecule has 0 spiro atoms. The molecule has 0 atom stereocenters. The van der Waals surface area contributed by atoms with Crippen molar-refractivity contribution < 1.29 is 14.3 Å². The predicted octanol–water partition coefficient (Wildman–Crippen LogP) is 3.18. The number of nitrogen functional groups attached to an aromatic ring is 1. The molecular formula is C10H13ClFNO2. The van der Waals surface area contributed by atoms with Gasteiger partial charge in [0.05, 0.1) is 10.6 Å². The number of halogens is 2. The van der Waals surface area contributed by atoms with Gasteiger partial charge in [-0.05, 0) is 12.1 Å².